The van der Waals surface area contributed by atoms with E-state index in [0.29, 0.717) is 26.2 Å². The fraction of sp³-hybridized carbons (Fsp3) is 0.222. The fourth-order valence-corrected chi connectivity index (χ4v) is 4.71. The molecule has 1 aliphatic heterocycles. The van der Waals surface area contributed by atoms with Crippen LogP contribution in [-0.2, 0) is 10.0 Å². The van der Waals surface area contributed by atoms with Gasteiger partial charge in [-0.3, -0.25) is 4.79 Å². The lowest BCUT2D eigenvalue weighted by Crippen LogP contribution is -2.48. The molecule has 10 heteroatoms. The molecule has 1 aromatic heterocycles. The highest BCUT2D eigenvalue weighted by molar-refractivity contribution is 7.89. The van der Waals surface area contributed by atoms with E-state index >= 15 is 0 Å². The number of sulfonamides is 1. The number of rotatable bonds is 3. The number of hydrogen-bond donors (Lipinski definition) is 1. The second kappa shape index (κ2) is 7.12. The Labute approximate surface area is 165 Å². The molecule has 1 saturated heterocycles. The highest BCUT2D eigenvalue weighted by Crippen LogP contribution is 2.30. The van der Waals surface area contributed by atoms with Gasteiger partial charge in [0.2, 0.25) is 10.0 Å². The molecule has 2 aromatic carbocycles. The number of hydrogen-bond acceptors (Lipinski definition) is 6. The van der Waals surface area contributed by atoms with Crippen LogP contribution in [0.3, 0.4) is 0 Å². The number of nitrogens with two attached hydrogens (primary N) is 1. The molecular formula is C18H17FN4O3S2. The van der Waals surface area contributed by atoms with Gasteiger partial charge in [-0.15, -0.1) is 0 Å². The van der Waals surface area contributed by atoms with E-state index in [1.54, 1.807) is 17.0 Å². The third-order valence-electron chi connectivity index (χ3n) is 4.59. The minimum absolute atomic E-state index is 0.0845. The molecule has 1 amide bonds. The van der Waals surface area contributed by atoms with Crippen molar-refractivity contribution in [3.8, 4) is 0 Å². The quantitative estimate of drug-likeness (QED) is 0.700. The molecule has 0 radical (unpaired) electrons. The van der Waals surface area contributed by atoms with Gasteiger partial charge in [0.15, 0.2) is 5.13 Å². The van der Waals surface area contributed by atoms with E-state index in [0.717, 1.165) is 15.3 Å². The normalized spacial score (nSPS) is 15.2. The van der Waals surface area contributed by atoms with Crippen molar-refractivity contribution < 1.29 is 17.6 Å². The Morgan fingerprint density at radius 1 is 1.11 bits per heavy atom. The first-order chi connectivity index (χ1) is 13.3. The van der Waals surface area contributed by atoms with Gasteiger partial charge < -0.3 is 9.80 Å². The zero-order chi connectivity index (χ0) is 19.9. The summed E-state index contributed by atoms with van der Waals surface area (Å²) in [4.78, 5) is 20.9. The summed E-state index contributed by atoms with van der Waals surface area (Å²) < 4.78 is 37.1. The lowest BCUT2D eigenvalue weighted by atomic mass is 10.2. The summed E-state index contributed by atoms with van der Waals surface area (Å²) in [6.07, 6.45) is 0. The van der Waals surface area contributed by atoms with E-state index in [9.17, 15) is 17.6 Å². The minimum Gasteiger partial charge on any atom is -0.345 e. The Kier molecular flexibility index (Phi) is 4.77. The van der Waals surface area contributed by atoms with Gasteiger partial charge in [0.05, 0.1) is 15.1 Å². The third kappa shape index (κ3) is 3.71. The molecule has 28 heavy (non-hydrogen) atoms. The molecule has 1 fully saturated rings. The fourth-order valence-electron chi connectivity index (χ4n) is 3.11. The average Bonchev–Trinajstić information content (AvgIpc) is 3.10. The van der Waals surface area contributed by atoms with Crippen LogP contribution in [0.25, 0.3) is 10.2 Å². The summed E-state index contributed by atoms with van der Waals surface area (Å²) >= 11 is 1.42. The standard InChI is InChI=1S/C18H17FN4O3S2/c19-13-4-5-15-16(11-13)27-18(21-15)23-8-6-22(7-9-23)17(24)12-2-1-3-14(10-12)28(20,25)26/h1-5,10-11H,6-9H2,(H2,20,25,26). The number of halogens is 1. The van der Waals surface area contributed by atoms with Gasteiger partial charge in [-0.25, -0.2) is 22.9 Å². The van der Waals surface area contributed by atoms with Crippen LogP contribution in [0.2, 0.25) is 0 Å². The summed E-state index contributed by atoms with van der Waals surface area (Å²) in [5.41, 5.74) is 1.04. The van der Waals surface area contributed by atoms with Gasteiger partial charge in [-0.05, 0) is 36.4 Å². The number of benzene rings is 2. The molecule has 0 aliphatic carbocycles. The molecule has 1 aliphatic rings. The molecule has 7 nitrogen and oxygen atoms in total. The van der Waals surface area contributed by atoms with Crippen LogP contribution in [0.4, 0.5) is 9.52 Å². The molecule has 4 rings (SSSR count). The van der Waals surface area contributed by atoms with Gasteiger partial charge in [-0.2, -0.15) is 0 Å². The maximum Gasteiger partial charge on any atom is 0.254 e. The number of thiazole rings is 1. The second-order valence-electron chi connectivity index (χ2n) is 6.46. The number of primary sulfonamides is 1. The van der Waals surface area contributed by atoms with Crippen LogP contribution in [0.15, 0.2) is 47.4 Å². The number of aromatic nitrogens is 1. The maximum atomic E-state index is 13.4. The first-order valence-corrected chi connectivity index (χ1v) is 10.9. The van der Waals surface area contributed by atoms with E-state index in [2.05, 4.69) is 9.88 Å². The predicted octanol–water partition coefficient (Wildman–Crippen LogP) is 2.05. The predicted molar refractivity (Wildman–Crippen MR) is 106 cm³/mol. The third-order valence-corrected chi connectivity index (χ3v) is 6.58. The number of fused-ring (bicyclic) bond motifs is 1. The molecule has 146 valence electrons. The molecule has 2 N–H and O–H groups in total. The molecule has 0 saturated carbocycles. The Morgan fingerprint density at radius 3 is 2.57 bits per heavy atom. The van der Waals surface area contributed by atoms with Gasteiger partial charge >= 0.3 is 0 Å². The number of anilines is 1. The Morgan fingerprint density at radius 2 is 1.86 bits per heavy atom. The zero-order valence-corrected chi connectivity index (χ0v) is 16.3. The topological polar surface area (TPSA) is 96.6 Å². The SMILES string of the molecule is NS(=O)(=O)c1cccc(C(=O)N2CCN(c3nc4ccc(F)cc4s3)CC2)c1. The maximum absolute atomic E-state index is 13.4. The zero-order valence-electron chi connectivity index (χ0n) is 14.7. The van der Waals surface area contributed by atoms with Crippen molar-refractivity contribution in [3.05, 3.63) is 53.8 Å². The van der Waals surface area contributed by atoms with Crippen LogP contribution in [0.5, 0.6) is 0 Å². The lowest BCUT2D eigenvalue weighted by molar-refractivity contribution is 0.0746. The van der Waals surface area contributed by atoms with Crippen molar-refractivity contribution in [3.63, 3.8) is 0 Å². The second-order valence-corrected chi connectivity index (χ2v) is 9.03. The van der Waals surface area contributed by atoms with Crippen molar-refractivity contribution in [2.45, 2.75) is 4.90 Å². The molecular weight excluding hydrogens is 403 g/mol. The smallest absolute Gasteiger partial charge is 0.254 e. The number of carbonyl (C=O) groups is 1. The van der Waals surface area contributed by atoms with Gasteiger partial charge in [-0.1, -0.05) is 17.4 Å². The van der Waals surface area contributed by atoms with Crippen molar-refractivity contribution in [1.82, 2.24) is 9.88 Å². The average molecular weight is 420 g/mol. The summed E-state index contributed by atoms with van der Waals surface area (Å²) in [5, 5.41) is 5.93. The van der Waals surface area contributed by atoms with E-state index in [4.69, 9.17) is 5.14 Å². The summed E-state index contributed by atoms with van der Waals surface area (Å²) in [6.45, 7) is 2.12. The molecule has 2 heterocycles. The number of nitrogens with zero attached hydrogens (tertiary/aromatic N) is 3. The van der Waals surface area contributed by atoms with Crippen molar-refractivity contribution in [2.75, 3.05) is 31.1 Å². The highest BCUT2D eigenvalue weighted by atomic mass is 32.2. The highest BCUT2D eigenvalue weighted by Gasteiger charge is 2.24. The van der Waals surface area contributed by atoms with Gasteiger partial charge in [0.1, 0.15) is 5.82 Å². The lowest BCUT2D eigenvalue weighted by Gasteiger charge is -2.34. The number of piperazine rings is 1. The van der Waals surface area contributed by atoms with Crippen LogP contribution in [-0.4, -0.2) is 50.4 Å². The van der Waals surface area contributed by atoms with Crippen LogP contribution >= 0.6 is 11.3 Å². The Balaban J connectivity index is 1.47. The van der Waals surface area contributed by atoms with Crippen molar-refractivity contribution >= 4 is 42.6 Å². The first kappa shape index (κ1) is 18.8. The van der Waals surface area contributed by atoms with E-state index < -0.39 is 10.0 Å². The van der Waals surface area contributed by atoms with Crippen LogP contribution in [0, 0.1) is 5.82 Å². The molecule has 0 bridgehead atoms. The molecule has 0 atom stereocenters. The summed E-state index contributed by atoms with van der Waals surface area (Å²) in [5.74, 6) is -0.531. The van der Waals surface area contributed by atoms with E-state index in [1.165, 1.54) is 41.7 Å². The minimum atomic E-state index is -3.86. The van der Waals surface area contributed by atoms with Crippen molar-refractivity contribution in [1.29, 1.82) is 0 Å². The Hall–Kier alpha value is -2.56. The van der Waals surface area contributed by atoms with Crippen LogP contribution < -0.4 is 10.0 Å². The van der Waals surface area contributed by atoms with Gasteiger partial charge in [0, 0.05) is 31.7 Å². The molecule has 0 unspecified atom stereocenters. The van der Waals surface area contributed by atoms with Crippen LogP contribution in [0.1, 0.15) is 10.4 Å². The summed E-state index contributed by atoms with van der Waals surface area (Å²) in [6, 6.07) is 10.2. The van der Waals surface area contributed by atoms with E-state index in [1.807, 2.05) is 0 Å². The molecule has 3 aromatic rings. The first-order valence-electron chi connectivity index (χ1n) is 8.54. The van der Waals surface area contributed by atoms with Crippen molar-refractivity contribution in [2.24, 2.45) is 5.14 Å². The largest absolute Gasteiger partial charge is 0.345 e. The molecule has 0 spiro atoms. The van der Waals surface area contributed by atoms with E-state index in [-0.39, 0.29) is 22.2 Å². The monoisotopic (exact) mass is 420 g/mol. The number of carbonyl (C=O) groups excluding carboxylic acids is 1. The van der Waals surface area contributed by atoms with Gasteiger partial charge in [0.25, 0.3) is 5.91 Å². The Bertz CT molecular complexity index is 1150. The number of amides is 1. The summed E-state index contributed by atoms with van der Waals surface area (Å²) in [7, 11) is -3.86.